The molecule has 1 aromatic heterocycles. The molecule has 0 unspecified atom stereocenters. The third-order valence-corrected chi connectivity index (χ3v) is 5.52. The van der Waals surface area contributed by atoms with Gasteiger partial charge in [0.15, 0.2) is 5.82 Å². The highest BCUT2D eigenvalue weighted by molar-refractivity contribution is 7.89. The second-order valence-electron chi connectivity index (χ2n) is 6.21. The summed E-state index contributed by atoms with van der Waals surface area (Å²) in [7, 11) is -2.19. The van der Waals surface area contributed by atoms with E-state index in [0.29, 0.717) is 17.1 Å². The Bertz CT molecular complexity index is 1120. The van der Waals surface area contributed by atoms with E-state index >= 15 is 0 Å². The number of phenolic OH excluding ortho intramolecular Hbond substituents is 1. The molecule has 0 spiro atoms. The minimum Gasteiger partial charge on any atom is -0.508 e. The van der Waals surface area contributed by atoms with Gasteiger partial charge in [-0.2, -0.15) is 0 Å². The van der Waals surface area contributed by atoms with Crippen LogP contribution in [0, 0.1) is 0 Å². The fourth-order valence-electron chi connectivity index (χ4n) is 2.54. The van der Waals surface area contributed by atoms with Gasteiger partial charge >= 0.3 is 0 Å². The Kier molecular flexibility index (Phi) is 6.72. The lowest BCUT2D eigenvalue weighted by molar-refractivity contribution is 0.102. The largest absolute Gasteiger partial charge is 0.508 e. The first-order valence-corrected chi connectivity index (χ1v) is 10.4. The van der Waals surface area contributed by atoms with Crippen molar-refractivity contribution in [3.05, 3.63) is 66.5 Å². The number of aromatic hydroxyl groups is 1. The third kappa shape index (κ3) is 5.38. The fourth-order valence-corrected chi connectivity index (χ4v) is 3.55. The standard InChI is InChI=1S/C20H20N4O5S/c1-29-10-9-23-30(27,28)18-7-5-14(6-8-18)20(26)24-16-12-21-19(22-13-16)15-3-2-4-17(25)11-15/h2-8,11-13,23,25H,9-10H2,1H3,(H,24,26). The molecule has 0 saturated carbocycles. The highest BCUT2D eigenvalue weighted by atomic mass is 32.2. The smallest absolute Gasteiger partial charge is 0.255 e. The summed E-state index contributed by atoms with van der Waals surface area (Å²) in [6, 6.07) is 12.1. The molecule has 0 radical (unpaired) electrons. The van der Waals surface area contributed by atoms with Crippen LogP contribution in [0.25, 0.3) is 11.4 Å². The monoisotopic (exact) mass is 428 g/mol. The maximum absolute atomic E-state index is 12.4. The van der Waals surface area contributed by atoms with Crippen molar-refractivity contribution in [3.63, 3.8) is 0 Å². The molecule has 0 atom stereocenters. The number of sulfonamides is 1. The molecule has 1 heterocycles. The Balaban J connectivity index is 1.66. The maximum Gasteiger partial charge on any atom is 0.255 e. The minimum atomic E-state index is -3.67. The van der Waals surface area contributed by atoms with Crippen molar-refractivity contribution in [2.24, 2.45) is 0 Å². The maximum atomic E-state index is 12.4. The van der Waals surface area contributed by atoms with Crippen molar-refractivity contribution in [2.75, 3.05) is 25.6 Å². The van der Waals surface area contributed by atoms with Gasteiger partial charge in [-0.15, -0.1) is 0 Å². The third-order valence-electron chi connectivity index (χ3n) is 4.04. The van der Waals surface area contributed by atoms with E-state index in [-0.39, 0.29) is 29.4 Å². The first-order chi connectivity index (χ1) is 14.4. The highest BCUT2D eigenvalue weighted by Gasteiger charge is 2.15. The topological polar surface area (TPSA) is 131 Å². The summed E-state index contributed by atoms with van der Waals surface area (Å²) in [5.74, 6) is 0.0762. The zero-order chi connectivity index (χ0) is 21.6. The molecule has 0 aliphatic rings. The SMILES string of the molecule is COCCNS(=O)(=O)c1ccc(C(=O)Nc2cnc(-c3cccc(O)c3)nc2)cc1. The number of phenols is 1. The molecule has 3 N–H and O–H groups in total. The zero-order valence-corrected chi connectivity index (χ0v) is 16.9. The Hall–Kier alpha value is -3.34. The van der Waals surface area contributed by atoms with Crippen LogP contribution in [-0.4, -0.2) is 49.7 Å². The van der Waals surface area contributed by atoms with Crippen LogP contribution < -0.4 is 10.0 Å². The van der Waals surface area contributed by atoms with E-state index in [1.54, 1.807) is 18.2 Å². The van der Waals surface area contributed by atoms with Gasteiger partial charge in [0.2, 0.25) is 10.0 Å². The van der Waals surface area contributed by atoms with Crippen LogP contribution in [0.3, 0.4) is 0 Å². The highest BCUT2D eigenvalue weighted by Crippen LogP contribution is 2.20. The molecule has 0 bridgehead atoms. The van der Waals surface area contributed by atoms with Gasteiger partial charge in [-0.25, -0.2) is 23.1 Å². The van der Waals surface area contributed by atoms with Crippen LogP contribution >= 0.6 is 0 Å². The summed E-state index contributed by atoms with van der Waals surface area (Å²) in [6.45, 7) is 0.408. The lowest BCUT2D eigenvalue weighted by atomic mass is 10.2. The van der Waals surface area contributed by atoms with E-state index in [4.69, 9.17) is 4.74 Å². The normalized spacial score (nSPS) is 11.2. The molecule has 9 nitrogen and oxygen atoms in total. The second kappa shape index (κ2) is 9.44. The van der Waals surface area contributed by atoms with E-state index in [1.165, 1.54) is 49.8 Å². The summed E-state index contributed by atoms with van der Waals surface area (Å²) in [5, 5.41) is 12.2. The number of rotatable bonds is 8. The first-order valence-electron chi connectivity index (χ1n) is 8.90. The number of nitrogens with one attached hydrogen (secondary N) is 2. The van der Waals surface area contributed by atoms with Gasteiger partial charge in [-0.05, 0) is 36.4 Å². The Labute approximate surface area is 173 Å². The second-order valence-corrected chi connectivity index (χ2v) is 7.98. The number of hydrogen-bond acceptors (Lipinski definition) is 7. The van der Waals surface area contributed by atoms with Crippen LogP contribution in [0.4, 0.5) is 5.69 Å². The number of aromatic nitrogens is 2. The Morgan fingerprint density at radius 2 is 1.80 bits per heavy atom. The summed E-state index contributed by atoms with van der Waals surface area (Å²) >= 11 is 0. The molecule has 156 valence electrons. The molecule has 30 heavy (non-hydrogen) atoms. The van der Waals surface area contributed by atoms with Crippen molar-refractivity contribution < 1.29 is 23.1 Å². The number of hydrogen-bond donors (Lipinski definition) is 3. The number of carbonyl (C=O) groups excluding carboxylic acids is 1. The molecule has 1 amide bonds. The van der Waals surface area contributed by atoms with Gasteiger partial charge in [0, 0.05) is 24.8 Å². The van der Waals surface area contributed by atoms with Gasteiger partial charge in [-0.3, -0.25) is 4.79 Å². The molecule has 0 saturated heterocycles. The van der Waals surface area contributed by atoms with E-state index in [2.05, 4.69) is 20.0 Å². The predicted octanol–water partition coefficient (Wildman–Crippen LogP) is 2.03. The lowest BCUT2D eigenvalue weighted by Gasteiger charge is -2.08. The van der Waals surface area contributed by atoms with Crippen LogP contribution in [0.5, 0.6) is 5.75 Å². The number of carbonyl (C=O) groups is 1. The number of ether oxygens (including phenoxy) is 1. The number of nitrogens with zero attached hydrogens (tertiary/aromatic N) is 2. The Morgan fingerprint density at radius 1 is 1.10 bits per heavy atom. The number of anilines is 1. The van der Waals surface area contributed by atoms with Crippen molar-refractivity contribution in [1.82, 2.24) is 14.7 Å². The van der Waals surface area contributed by atoms with E-state index in [1.807, 2.05) is 0 Å². The number of amides is 1. The van der Waals surface area contributed by atoms with E-state index < -0.39 is 15.9 Å². The van der Waals surface area contributed by atoms with Crippen LogP contribution in [-0.2, 0) is 14.8 Å². The van der Waals surface area contributed by atoms with Crippen LogP contribution in [0.1, 0.15) is 10.4 Å². The van der Waals surface area contributed by atoms with Gasteiger partial charge in [0.1, 0.15) is 5.75 Å². The van der Waals surface area contributed by atoms with Crippen molar-refractivity contribution in [2.45, 2.75) is 4.90 Å². The zero-order valence-electron chi connectivity index (χ0n) is 16.1. The summed E-state index contributed by atoms with van der Waals surface area (Å²) < 4.78 is 31.5. The molecule has 10 heteroatoms. The molecule has 3 aromatic rings. The van der Waals surface area contributed by atoms with Crippen LogP contribution in [0.15, 0.2) is 65.8 Å². The summed E-state index contributed by atoms with van der Waals surface area (Å²) in [6.07, 6.45) is 2.89. The fraction of sp³-hybridized carbons (Fsp3) is 0.150. The molecular formula is C20H20N4O5S. The van der Waals surface area contributed by atoms with E-state index in [0.717, 1.165) is 0 Å². The molecule has 2 aromatic carbocycles. The molecule has 0 fully saturated rings. The van der Waals surface area contributed by atoms with E-state index in [9.17, 15) is 18.3 Å². The lowest BCUT2D eigenvalue weighted by Crippen LogP contribution is -2.27. The number of benzene rings is 2. The first kappa shape index (κ1) is 21.4. The predicted molar refractivity (Wildman–Crippen MR) is 111 cm³/mol. The van der Waals surface area contributed by atoms with Crippen molar-refractivity contribution in [3.8, 4) is 17.1 Å². The minimum absolute atomic E-state index is 0.0500. The van der Waals surface area contributed by atoms with Crippen molar-refractivity contribution in [1.29, 1.82) is 0 Å². The van der Waals surface area contributed by atoms with Crippen LogP contribution in [0.2, 0.25) is 0 Å². The molecule has 0 aliphatic carbocycles. The summed E-state index contributed by atoms with van der Waals surface area (Å²) in [5.41, 5.74) is 1.30. The average molecular weight is 428 g/mol. The average Bonchev–Trinajstić information content (AvgIpc) is 2.74. The van der Waals surface area contributed by atoms with Crippen molar-refractivity contribution >= 4 is 21.6 Å². The van der Waals surface area contributed by atoms with Gasteiger partial charge in [-0.1, -0.05) is 12.1 Å². The quantitative estimate of drug-likeness (QED) is 0.468. The molecule has 0 aliphatic heterocycles. The van der Waals surface area contributed by atoms with Gasteiger partial charge in [0.25, 0.3) is 5.91 Å². The molecule has 3 rings (SSSR count). The van der Waals surface area contributed by atoms with Gasteiger partial charge in [0.05, 0.1) is 29.6 Å². The summed E-state index contributed by atoms with van der Waals surface area (Å²) in [4.78, 5) is 20.8. The molecular weight excluding hydrogens is 408 g/mol. The van der Waals surface area contributed by atoms with Gasteiger partial charge < -0.3 is 15.2 Å². The number of methoxy groups -OCH3 is 1. The Morgan fingerprint density at radius 3 is 2.43 bits per heavy atom.